The van der Waals surface area contributed by atoms with E-state index in [0.29, 0.717) is 11.6 Å². The molecule has 2 aromatic rings. The topological polar surface area (TPSA) is 120 Å². The van der Waals surface area contributed by atoms with E-state index in [1.165, 1.54) is 0 Å². The number of rotatable bonds is 5. The minimum Gasteiger partial charge on any atom is -0.473 e. The summed E-state index contributed by atoms with van der Waals surface area (Å²) in [6, 6.07) is 13.6. The Morgan fingerprint density at radius 3 is 2.23 bits per heavy atom. The van der Waals surface area contributed by atoms with Crippen molar-refractivity contribution in [2.75, 3.05) is 13.1 Å². The number of nitrogens with one attached hydrogen (secondary N) is 1. The van der Waals surface area contributed by atoms with Crippen LogP contribution in [0.25, 0.3) is 0 Å². The second kappa shape index (κ2) is 11.9. The molecule has 3 rings (SSSR count). The van der Waals surface area contributed by atoms with Gasteiger partial charge in [0.05, 0.1) is 5.69 Å². The number of benzene rings is 1. The third-order valence-corrected chi connectivity index (χ3v) is 5.03. The van der Waals surface area contributed by atoms with Crippen molar-refractivity contribution in [3.05, 3.63) is 64.9 Å². The van der Waals surface area contributed by atoms with Crippen LogP contribution >= 0.6 is 11.6 Å². The Labute approximate surface area is 179 Å². The molecule has 1 amide bonds. The highest BCUT2D eigenvalue weighted by Gasteiger charge is 2.25. The maximum Gasteiger partial charge on any atom is 0.414 e. The van der Waals surface area contributed by atoms with Crippen LogP contribution in [0, 0.1) is 5.92 Å². The summed E-state index contributed by atoms with van der Waals surface area (Å²) in [7, 11) is 0. The van der Waals surface area contributed by atoms with Crippen LogP contribution in [0.4, 0.5) is 0 Å². The molecule has 0 aliphatic carbocycles. The van der Waals surface area contributed by atoms with E-state index in [1.807, 2.05) is 48.7 Å². The van der Waals surface area contributed by atoms with Crippen molar-refractivity contribution in [2.45, 2.75) is 25.9 Å². The van der Waals surface area contributed by atoms with Crippen molar-refractivity contribution in [1.29, 1.82) is 0 Å². The van der Waals surface area contributed by atoms with Gasteiger partial charge in [0.25, 0.3) is 0 Å². The molecule has 0 radical (unpaired) electrons. The number of likely N-dealkylation sites (tertiary alicyclic amines) is 1. The predicted octanol–water partition coefficient (Wildman–Crippen LogP) is 2.42. The summed E-state index contributed by atoms with van der Waals surface area (Å²) in [5.41, 5.74) is 2.04. The molecule has 0 spiro atoms. The molecule has 9 heteroatoms. The highest BCUT2D eigenvalue weighted by atomic mass is 35.5. The minimum absolute atomic E-state index is 0.0903. The largest absolute Gasteiger partial charge is 0.473 e. The van der Waals surface area contributed by atoms with Gasteiger partial charge in [-0.25, -0.2) is 9.59 Å². The lowest BCUT2D eigenvalue weighted by Crippen LogP contribution is -2.40. The normalized spacial score (nSPS) is 14.3. The highest BCUT2D eigenvalue weighted by molar-refractivity contribution is 6.31. The zero-order valence-electron chi connectivity index (χ0n) is 16.3. The zero-order valence-corrected chi connectivity index (χ0v) is 17.1. The first-order valence-corrected chi connectivity index (χ1v) is 9.84. The molecule has 30 heavy (non-hydrogen) atoms. The van der Waals surface area contributed by atoms with Gasteiger partial charge < -0.3 is 15.5 Å². The van der Waals surface area contributed by atoms with Gasteiger partial charge in [-0.1, -0.05) is 35.9 Å². The molecule has 1 aliphatic rings. The Hall–Kier alpha value is -2.97. The van der Waals surface area contributed by atoms with Gasteiger partial charge in [-0.05, 0) is 49.7 Å². The third kappa shape index (κ3) is 7.81. The molecule has 1 aliphatic heterocycles. The van der Waals surface area contributed by atoms with Crippen molar-refractivity contribution in [3.8, 4) is 0 Å². The van der Waals surface area contributed by atoms with Crippen LogP contribution in [-0.2, 0) is 27.5 Å². The summed E-state index contributed by atoms with van der Waals surface area (Å²) in [5.74, 6) is -3.43. The molecule has 0 bridgehead atoms. The fourth-order valence-electron chi connectivity index (χ4n) is 3.04. The van der Waals surface area contributed by atoms with Crippen LogP contribution in [-0.4, -0.2) is 51.0 Å². The first-order chi connectivity index (χ1) is 14.4. The van der Waals surface area contributed by atoms with Crippen LogP contribution in [0.15, 0.2) is 48.7 Å². The van der Waals surface area contributed by atoms with Crippen LogP contribution in [0.1, 0.15) is 24.1 Å². The van der Waals surface area contributed by atoms with Crippen molar-refractivity contribution >= 4 is 29.4 Å². The summed E-state index contributed by atoms with van der Waals surface area (Å²) >= 11 is 6.13. The lowest BCUT2D eigenvalue weighted by Gasteiger charge is -2.31. The molecular weight excluding hydrogens is 410 g/mol. The van der Waals surface area contributed by atoms with Gasteiger partial charge in [-0.3, -0.25) is 14.7 Å². The van der Waals surface area contributed by atoms with E-state index in [1.54, 1.807) is 0 Å². The number of carboxylic acid groups (broad SMARTS) is 2. The van der Waals surface area contributed by atoms with Gasteiger partial charge >= 0.3 is 11.9 Å². The molecule has 2 heterocycles. The molecule has 0 atom stereocenters. The van der Waals surface area contributed by atoms with E-state index in [4.69, 9.17) is 31.4 Å². The summed E-state index contributed by atoms with van der Waals surface area (Å²) in [6.07, 6.45) is 3.60. The molecule has 3 N–H and O–H groups in total. The molecular formula is C21H24ClN3O5. The number of carbonyl (C=O) groups excluding carboxylic acids is 1. The third-order valence-electron chi connectivity index (χ3n) is 4.66. The number of pyridine rings is 1. The van der Waals surface area contributed by atoms with Gasteiger partial charge in [0, 0.05) is 30.2 Å². The zero-order chi connectivity index (χ0) is 21.9. The first-order valence-electron chi connectivity index (χ1n) is 9.46. The van der Waals surface area contributed by atoms with Gasteiger partial charge in [0.15, 0.2) is 0 Å². The van der Waals surface area contributed by atoms with E-state index < -0.39 is 11.9 Å². The number of carboxylic acids is 2. The summed E-state index contributed by atoms with van der Waals surface area (Å²) in [5, 5.41) is 18.5. The first kappa shape index (κ1) is 23.3. The second-order valence-corrected chi connectivity index (χ2v) is 7.20. The molecule has 160 valence electrons. The summed E-state index contributed by atoms with van der Waals surface area (Å²) in [6.45, 7) is 3.21. The Kier molecular flexibility index (Phi) is 9.24. The van der Waals surface area contributed by atoms with Crippen LogP contribution in [0.5, 0.6) is 0 Å². The van der Waals surface area contributed by atoms with Crippen molar-refractivity contribution in [3.63, 3.8) is 0 Å². The van der Waals surface area contributed by atoms with Crippen LogP contribution < -0.4 is 5.32 Å². The van der Waals surface area contributed by atoms with Gasteiger partial charge in [0.1, 0.15) is 0 Å². The molecule has 1 aromatic carbocycles. The van der Waals surface area contributed by atoms with E-state index in [-0.39, 0.29) is 11.8 Å². The number of aromatic nitrogens is 1. The minimum atomic E-state index is -1.82. The molecule has 0 saturated carbocycles. The van der Waals surface area contributed by atoms with Crippen LogP contribution in [0.3, 0.4) is 0 Å². The van der Waals surface area contributed by atoms with Crippen molar-refractivity contribution < 1.29 is 24.6 Å². The average molecular weight is 434 g/mol. The molecule has 1 saturated heterocycles. The number of hydrogen-bond acceptors (Lipinski definition) is 5. The summed E-state index contributed by atoms with van der Waals surface area (Å²) < 4.78 is 0. The van der Waals surface area contributed by atoms with Crippen molar-refractivity contribution in [2.24, 2.45) is 5.92 Å². The predicted molar refractivity (Wildman–Crippen MR) is 111 cm³/mol. The molecule has 1 fully saturated rings. The summed E-state index contributed by atoms with van der Waals surface area (Å²) in [4.78, 5) is 37.3. The van der Waals surface area contributed by atoms with Crippen LogP contribution in [0.2, 0.25) is 5.02 Å². The Bertz CT molecular complexity index is 843. The molecule has 1 aromatic heterocycles. The number of nitrogens with zero attached hydrogens (tertiary/aromatic N) is 2. The van der Waals surface area contributed by atoms with E-state index in [0.717, 1.165) is 43.7 Å². The number of aliphatic carboxylic acids is 2. The average Bonchev–Trinajstić information content (AvgIpc) is 2.74. The fraction of sp³-hybridized carbons (Fsp3) is 0.333. The fourth-order valence-corrected chi connectivity index (χ4v) is 3.25. The Morgan fingerprint density at radius 1 is 1.03 bits per heavy atom. The quantitative estimate of drug-likeness (QED) is 0.619. The SMILES string of the molecule is O=C(NCc1ccccc1Cl)C1CCN(Cc2ccccn2)CC1.O=C(O)C(=O)O. The number of piperidine rings is 1. The Balaban J connectivity index is 0.000000469. The highest BCUT2D eigenvalue weighted by Crippen LogP contribution is 2.20. The van der Waals surface area contributed by atoms with E-state index in [9.17, 15) is 4.79 Å². The number of halogens is 1. The number of carbonyl (C=O) groups is 3. The maximum absolute atomic E-state index is 12.4. The van der Waals surface area contributed by atoms with Crippen molar-refractivity contribution in [1.82, 2.24) is 15.2 Å². The van der Waals surface area contributed by atoms with Gasteiger partial charge in [-0.2, -0.15) is 0 Å². The van der Waals surface area contributed by atoms with Gasteiger partial charge in [-0.15, -0.1) is 0 Å². The molecule has 0 unspecified atom stereocenters. The number of amides is 1. The Morgan fingerprint density at radius 2 is 1.67 bits per heavy atom. The van der Waals surface area contributed by atoms with E-state index in [2.05, 4.69) is 15.2 Å². The lowest BCUT2D eigenvalue weighted by atomic mass is 9.95. The van der Waals surface area contributed by atoms with E-state index >= 15 is 0 Å². The number of hydrogen-bond donors (Lipinski definition) is 3. The standard InChI is InChI=1S/C19H22ClN3O.C2H2O4/c20-18-7-2-1-5-16(18)13-22-19(24)15-8-11-23(12-9-15)14-17-6-3-4-10-21-17;3-1(4)2(5)6/h1-7,10,15H,8-9,11-14H2,(H,22,24);(H,3,4)(H,5,6). The monoisotopic (exact) mass is 433 g/mol. The maximum atomic E-state index is 12.4. The van der Waals surface area contributed by atoms with Gasteiger partial charge in [0.2, 0.25) is 5.91 Å². The lowest BCUT2D eigenvalue weighted by molar-refractivity contribution is -0.159. The molecule has 8 nitrogen and oxygen atoms in total. The smallest absolute Gasteiger partial charge is 0.414 e. The second-order valence-electron chi connectivity index (χ2n) is 6.79.